The maximum Gasteiger partial charge on any atom is 0.146 e. The van der Waals surface area contributed by atoms with Crippen LogP contribution in [0, 0.1) is 17.7 Å². The molecule has 36 heavy (non-hydrogen) atoms. The lowest BCUT2D eigenvalue weighted by atomic mass is 10.00. The molecule has 0 aromatic heterocycles. The molecule has 0 atom stereocenters. The monoisotopic (exact) mass is 476 g/mol. The van der Waals surface area contributed by atoms with Gasteiger partial charge < -0.3 is 0 Å². The third kappa shape index (κ3) is 7.08. The molecule has 4 rings (SSSR count). The summed E-state index contributed by atoms with van der Waals surface area (Å²) in [4.78, 5) is 0. The molecule has 1 heteroatoms. The van der Waals surface area contributed by atoms with Crippen molar-refractivity contribution in [3.05, 3.63) is 118 Å². The molecular formula is C35H37F. The van der Waals surface area contributed by atoms with Gasteiger partial charge in [0.1, 0.15) is 5.82 Å². The molecule has 0 saturated heterocycles. The molecule has 0 aliphatic carbocycles. The van der Waals surface area contributed by atoms with Gasteiger partial charge in [-0.05, 0) is 77.9 Å². The van der Waals surface area contributed by atoms with Crippen LogP contribution < -0.4 is 0 Å². The van der Waals surface area contributed by atoms with Crippen molar-refractivity contribution < 1.29 is 4.39 Å². The predicted molar refractivity (Wildman–Crippen MR) is 152 cm³/mol. The van der Waals surface area contributed by atoms with Crippen LogP contribution in [0.1, 0.15) is 79.3 Å². The molecular weight excluding hydrogens is 439 g/mol. The molecule has 4 aromatic rings. The Balaban J connectivity index is 1.37. The van der Waals surface area contributed by atoms with Crippen molar-refractivity contribution >= 4 is 10.8 Å². The Hall–Kier alpha value is -3.37. The molecule has 0 amide bonds. The Labute approximate surface area is 216 Å². The van der Waals surface area contributed by atoms with E-state index >= 15 is 4.39 Å². The summed E-state index contributed by atoms with van der Waals surface area (Å²) >= 11 is 0. The third-order valence-electron chi connectivity index (χ3n) is 7.02. The highest BCUT2D eigenvalue weighted by atomic mass is 19.1. The molecule has 0 saturated carbocycles. The number of unbranched alkanes of at least 4 members (excludes halogenated alkanes) is 4. The average Bonchev–Trinajstić information content (AvgIpc) is 2.92. The van der Waals surface area contributed by atoms with Crippen molar-refractivity contribution in [1.29, 1.82) is 0 Å². The van der Waals surface area contributed by atoms with Crippen molar-refractivity contribution in [1.82, 2.24) is 0 Å². The maximum atomic E-state index is 15.2. The van der Waals surface area contributed by atoms with E-state index in [1.807, 2.05) is 30.3 Å². The summed E-state index contributed by atoms with van der Waals surface area (Å²) in [7, 11) is 0. The largest absolute Gasteiger partial charge is 0.205 e. The smallest absolute Gasteiger partial charge is 0.146 e. The second-order valence-electron chi connectivity index (χ2n) is 9.76. The highest BCUT2D eigenvalue weighted by Gasteiger charge is 2.07. The lowest BCUT2D eigenvalue weighted by molar-refractivity contribution is 0.631. The number of rotatable bonds is 10. The SMILES string of the molecule is CCCCCCCc1ccc2c(F)c(C#Cc3ccc(CCc4ccc(CC)cc4)cc3)ccc2c1. The maximum absolute atomic E-state index is 15.2. The second-order valence-corrected chi connectivity index (χ2v) is 9.76. The van der Waals surface area contributed by atoms with E-state index in [0.29, 0.717) is 10.9 Å². The lowest BCUT2D eigenvalue weighted by Crippen LogP contribution is -1.92. The molecule has 0 spiro atoms. The van der Waals surface area contributed by atoms with Crippen LogP contribution in [0.15, 0.2) is 78.9 Å². The molecule has 0 bridgehead atoms. The Kier molecular flexibility index (Phi) is 9.34. The van der Waals surface area contributed by atoms with Crippen LogP contribution in [0.4, 0.5) is 4.39 Å². The van der Waals surface area contributed by atoms with Gasteiger partial charge in [0, 0.05) is 10.9 Å². The van der Waals surface area contributed by atoms with E-state index < -0.39 is 0 Å². The zero-order valence-corrected chi connectivity index (χ0v) is 21.7. The van der Waals surface area contributed by atoms with Gasteiger partial charge in [-0.3, -0.25) is 0 Å². The van der Waals surface area contributed by atoms with Crippen molar-refractivity contribution in [2.24, 2.45) is 0 Å². The van der Waals surface area contributed by atoms with E-state index in [9.17, 15) is 0 Å². The van der Waals surface area contributed by atoms with E-state index in [2.05, 4.69) is 74.2 Å². The quantitative estimate of drug-likeness (QED) is 0.158. The summed E-state index contributed by atoms with van der Waals surface area (Å²) in [5.41, 5.74) is 6.68. The molecule has 4 aromatic carbocycles. The Morgan fingerprint density at radius 2 is 1.22 bits per heavy atom. The Morgan fingerprint density at radius 1 is 0.583 bits per heavy atom. The van der Waals surface area contributed by atoms with Crippen molar-refractivity contribution in [2.45, 2.75) is 71.6 Å². The number of benzene rings is 4. The predicted octanol–water partition coefficient (Wildman–Crippen LogP) is 9.24. The minimum atomic E-state index is -0.222. The van der Waals surface area contributed by atoms with Gasteiger partial charge in [0.05, 0.1) is 5.56 Å². The Bertz CT molecular complexity index is 1320. The van der Waals surface area contributed by atoms with Gasteiger partial charge in [0.15, 0.2) is 0 Å². The Morgan fingerprint density at radius 3 is 1.92 bits per heavy atom. The molecule has 0 fully saturated rings. The molecule has 184 valence electrons. The number of fused-ring (bicyclic) bond motifs is 1. The first-order chi connectivity index (χ1) is 17.7. The standard InChI is InChI=1S/C35H37F/c1-3-5-6-7-8-9-31-21-25-34-33(26-31)24-23-32(35(34)36)22-20-30-18-16-29(17-19-30)15-14-28-12-10-27(4-2)11-13-28/h10-13,16-19,21,23-26H,3-9,14-15H2,1-2H3. The second kappa shape index (κ2) is 13.1. The molecule has 0 aliphatic rings. The summed E-state index contributed by atoms with van der Waals surface area (Å²) < 4.78 is 15.2. The van der Waals surface area contributed by atoms with Crippen LogP contribution in [0.25, 0.3) is 10.8 Å². The normalized spacial score (nSPS) is 10.9. The van der Waals surface area contributed by atoms with Crippen molar-refractivity contribution in [3.63, 3.8) is 0 Å². The highest BCUT2D eigenvalue weighted by Crippen LogP contribution is 2.23. The van der Waals surface area contributed by atoms with Gasteiger partial charge in [-0.2, -0.15) is 0 Å². The van der Waals surface area contributed by atoms with E-state index in [-0.39, 0.29) is 5.82 Å². The van der Waals surface area contributed by atoms with Gasteiger partial charge in [0.25, 0.3) is 0 Å². The average molecular weight is 477 g/mol. The minimum absolute atomic E-state index is 0.222. The fourth-order valence-electron chi connectivity index (χ4n) is 4.65. The highest BCUT2D eigenvalue weighted by molar-refractivity contribution is 5.85. The number of halogens is 1. The summed E-state index contributed by atoms with van der Waals surface area (Å²) in [5, 5.41) is 1.61. The fraction of sp³-hybridized carbons (Fsp3) is 0.314. The zero-order valence-electron chi connectivity index (χ0n) is 21.7. The van der Waals surface area contributed by atoms with Crippen LogP contribution in [0.3, 0.4) is 0 Å². The number of hydrogen-bond acceptors (Lipinski definition) is 0. The molecule has 0 unspecified atom stereocenters. The van der Waals surface area contributed by atoms with Crippen molar-refractivity contribution in [3.8, 4) is 11.8 Å². The van der Waals surface area contributed by atoms with Gasteiger partial charge in [-0.15, -0.1) is 0 Å². The molecule has 0 aliphatic heterocycles. The topological polar surface area (TPSA) is 0 Å². The molecule has 0 heterocycles. The van der Waals surface area contributed by atoms with E-state index in [4.69, 9.17) is 0 Å². The van der Waals surface area contributed by atoms with Gasteiger partial charge >= 0.3 is 0 Å². The minimum Gasteiger partial charge on any atom is -0.205 e. The van der Waals surface area contributed by atoms with E-state index in [1.165, 1.54) is 54.4 Å². The van der Waals surface area contributed by atoms with Crippen LogP contribution in [0.5, 0.6) is 0 Å². The fourth-order valence-corrected chi connectivity index (χ4v) is 4.65. The summed E-state index contributed by atoms with van der Waals surface area (Å²) in [5.74, 6) is 5.98. The lowest BCUT2D eigenvalue weighted by Gasteiger charge is -2.06. The van der Waals surface area contributed by atoms with Crippen LogP contribution in [-0.2, 0) is 25.7 Å². The first kappa shape index (κ1) is 25.7. The molecule has 0 radical (unpaired) electrons. The summed E-state index contributed by atoms with van der Waals surface area (Å²) in [6, 6.07) is 27.2. The third-order valence-corrected chi connectivity index (χ3v) is 7.02. The number of hydrogen-bond donors (Lipinski definition) is 0. The van der Waals surface area contributed by atoms with Gasteiger partial charge in [0.2, 0.25) is 0 Å². The van der Waals surface area contributed by atoms with E-state index in [1.54, 1.807) is 0 Å². The van der Waals surface area contributed by atoms with Gasteiger partial charge in [-0.25, -0.2) is 4.39 Å². The first-order valence-corrected chi connectivity index (χ1v) is 13.6. The van der Waals surface area contributed by atoms with Crippen LogP contribution in [0.2, 0.25) is 0 Å². The first-order valence-electron chi connectivity index (χ1n) is 13.6. The van der Waals surface area contributed by atoms with Crippen LogP contribution >= 0.6 is 0 Å². The van der Waals surface area contributed by atoms with Gasteiger partial charge in [-0.1, -0.05) is 112 Å². The van der Waals surface area contributed by atoms with E-state index in [0.717, 1.165) is 36.6 Å². The zero-order chi connectivity index (χ0) is 25.2. The summed E-state index contributed by atoms with van der Waals surface area (Å²) in [6.45, 7) is 4.42. The van der Waals surface area contributed by atoms with Crippen LogP contribution in [-0.4, -0.2) is 0 Å². The van der Waals surface area contributed by atoms with Crippen molar-refractivity contribution in [2.75, 3.05) is 0 Å². The molecule has 0 nitrogen and oxygen atoms in total. The molecule has 0 N–H and O–H groups in total. The summed E-state index contributed by atoms with van der Waals surface area (Å²) in [6.07, 6.45) is 10.5. The number of aryl methyl sites for hydroxylation is 4.